The SMILES string of the molecule is CC1=CC(=O)c2sc(C)nc2C1=O. The molecule has 1 aromatic rings. The second-order valence-electron chi connectivity index (χ2n) is 2.93. The number of ketones is 2. The zero-order valence-corrected chi connectivity index (χ0v) is 8.07. The van der Waals surface area contributed by atoms with Crippen molar-refractivity contribution in [2.75, 3.05) is 0 Å². The van der Waals surface area contributed by atoms with Crippen molar-refractivity contribution >= 4 is 22.9 Å². The zero-order chi connectivity index (χ0) is 9.59. The van der Waals surface area contributed by atoms with Gasteiger partial charge in [-0.15, -0.1) is 11.3 Å². The normalized spacial score (nSPS) is 15.7. The van der Waals surface area contributed by atoms with Gasteiger partial charge >= 0.3 is 0 Å². The highest BCUT2D eigenvalue weighted by molar-refractivity contribution is 7.14. The first-order chi connectivity index (χ1) is 6.09. The second kappa shape index (κ2) is 2.60. The number of carbonyl (C=O) groups excluding carboxylic acids is 2. The number of fused-ring (bicyclic) bond motifs is 1. The number of rotatable bonds is 0. The van der Waals surface area contributed by atoms with Crippen LogP contribution >= 0.6 is 11.3 Å². The van der Waals surface area contributed by atoms with Crippen LogP contribution in [0.4, 0.5) is 0 Å². The molecule has 3 nitrogen and oxygen atoms in total. The fourth-order valence-electron chi connectivity index (χ4n) is 1.26. The molecule has 1 aliphatic carbocycles. The summed E-state index contributed by atoms with van der Waals surface area (Å²) in [4.78, 5) is 27.4. The van der Waals surface area contributed by atoms with Gasteiger partial charge in [-0.3, -0.25) is 9.59 Å². The molecule has 1 aromatic heterocycles. The number of thiazole rings is 1. The maximum Gasteiger partial charge on any atom is 0.208 e. The Balaban J connectivity index is 2.67. The van der Waals surface area contributed by atoms with Gasteiger partial charge in [0.1, 0.15) is 10.6 Å². The average Bonchev–Trinajstić information content (AvgIpc) is 2.44. The van der Waals surface area contributed by atoms with Crippen LogP contribution in [0.25, 0.3) is 0 Å². The van der Waals surface area contributed by atoms with Crippen LogP contribution in [0, 0.1) is 6.92 Å². The summed E-state index contributed by atoms with van der Waals surface area (Å²) in [6.45, 7) is 3.43. The summed E-state index contributed by atoms with van der Waals surface area (Å²) in [6.07, 6.45) is 1.38. The highest BCUT2D eigenvalue weighted by Gasteiger charge is 2.26. The number of aryl methyl sites for hydroxylation is 1. The Morgan fingerprint density at radius 3 is 2.69 bits per heavy atom. The minimum absolute atomic E-state index is 0.0994. The van der Waals surface area contributed by atoms with Gasteiger partial charge in [-0.25, -0.2) is 4.98 Å². The molecule has 0 bridgehead atoms. The monoisotopic (exact) mass is 193 g/mol. The van der Waals surface area contributed by atoms with Crippen molar-refractivity contribution in [3.05, 3.63) is 27.2 Å². The Morgan fingerprint density at radius 2 is 2.00 bits per heavy atom. The van der Waals surface area contributed by atoms with Crippen LogP contribution in [0.2, 0.25) is 0 Å². The lowest BCUT2D eigenvalue weighted by Crippen LogP contribution is -2.13. The Bertz CT molecular complexity index is 442. The summed E-state index contributed by atoms with van der Waals surface area (Å²) in [7, 11) is 0. The van der Waals surface area contributed by atoms with Crippen molar-refractivity contribution in [3.63, 3.8) is 0 Å². The van der Waals surface area contributed by atoms with E-state index in [0.717, 1.165) is 5.01 Å². The Morgan fingerprint density at radius 1 is 1.31 bits per heavy atom. The van der Waals surface area contributed by atoms with Crippen LogP contribution in [0.1, 0.15) is 32.1 Å². The van der Waals surface area contributed by atoms with Gasteiger partial charge in [0.05, 0.1) is 5.01 Å². The summed E-state index contributed by atoms with van der Waals surface area (Å²) in [5, 5.41) is 0.759. The van der Waals surface area contributed by atoms with Crippen LogP contribution in [0.3, 0.4) is 0 Å². The molecular formula is C9H7NO2S. The maximum absolute atomic E-state index is 11.5. The topological polar surface area (TPSA) is 47.0 Å². The number of nitrogens with zero attached hydrogens (tertiary/aromatic N) is 1. The molecular weight excluding hydrogens is 186 g/mol. The van der Waals surface area contributed by atoms with E-state index in [0.29, 0.717) is 16.1 Å². The van der Waals surface area contributed by atoms with E-state index in [-0.39, 0.29) is 11.6 Å². The third-order valence-electron chi connectivity index (χ3n) is 1.88. The molecule has 0 saturated carbocycles. The number of carbonyl (C=O) groups is 2. The molecule has 2 rings (SSSR count). The third-order valence-corrected chi connectivity index (χ3v) is 2.86. The van der Waals surface area contributed by atoms with Gasteiger partial charge in [0.15, 0.2) is 5.78 Å². The minimum Gasteiger partial charge on any atom is -0.288 e. The molecule has 0 aliphatic heterocycles. The lowest BCUT2D eigenvalue weighted by Gasteiger charge is -2.04. The van der Waals surface area contributed by atoms with Crippen molar-refractivity contribution in [3.8, 4) is 0 Å². The number of hydrogen-bond donors (Lipinski definition) is 0. The highest BCUT2D eigenvalue weighted by Crippen LogP contribution is 2.25. The smallest absolute Gasteiger partial charge is 0.208 e. The van der Waals surface area contributed by atoms with Gasteiger partial charge in [-0.05, 0) is 19.9 Å². The first-order valence-electron chi connectivity index (χ1n) is 3.84. The Kier molecular flexibility index (Phi) is 1.66. The molecule has 0 amide bonds. The molecule has 0 saturated heterocycles. The van der Waals surface area contributed by atoms with Crippen LogP contribution in [0.5, 0.6) is 0 Å². The van der Waals surface area contributed by atoms with Crippen molar-refractivity contribution in [1.29, 1.82) is 0 Å². The highest BCUT2D eigenvalue weighted by atomic mass is 32.1. The van der Waals surface area contributed by atoms with E-state index in [4.69, 9.17) is 0 Å². The number of allylic oxidation sites excluding steroid dienone is 2. The summed E-state index contributed by atoms with van der Waals surface area (Å²) in [6, 6.07) is 0. The van der Waals surface area contributed by atoms with E-state index < -0.39 is 0 Å². The van der Waals surface area contributed by atoms with Gasteiger partial charge in [0.25, 0.3) is 0 Å². The lowest BCUT2D eigenvalue weighted by molar-refractivity contribution is 0.0984. The molecule has 1 heterocycles. The van der Waals surface area contributed by atoms with E-state index in [1.54, 1.807) is 13.8 Å². The van der Waals surface area contributed by atoms with Crippen LogP contribution < -0.4 is 0 Å². The molecule has 0 fully saturated rings. The molecule has 13 heavy (non-hydrogen) atoms. The summed E-state index contributed by atoms with van der Waals surface area (Å²) < 4.78 is 0. The molecule has 0 spiro atoms. The van der Waals surface area contributed by atoms with Crippen molar-refractivity contribution in [1.82, 2.24) is 4.98 Å². The summed E-state index contributed by atoms with van der Waals surface area (Å²) in [5.74, 6) is -0.225. The molecule has 0 aromatic carbocycles. The minimum atomic E-state index is -0.126. The molecule has 0 atom stereocenters. The zero-order valence-electron chi connectivity index (χ0n) is 7.25. The molecule has 66 valence electrons. The number of hydrogen-bond acceptors (Lipinski definition) is 4. The van der Waals surface area contributed by atoms with Gasteiger partial charge in [0.2, 0.25) is 5.78 Å². The number of aromatic nitrogens is 1. The van der Waals surface area contributed by atoms with Gasteiger partial charge in [-0.2, -0.15) is 0 Å². The van der Waals surface area contributed by atoms with Crippen LogP contribution in [-0.2, 0) is 0 Å². The fourth-order valence-corrected chi connectivity index (χ4v) is 2.09. The Labute approximate surface area is 79.1 Å². The van der Waals surface area contributed by atoms with Gasteiger partial charge in [-0.1, -0.05) is 0 Å². The summed E-state index contributed by atoms with van der Waals surface area (Å²) in [5.41, 5.74) is 0.801. The molecule has 1 aliphatic rings. The lowest BCUT2D eigenvalue weighted by atomic mass is 10.0. The molecule has 0 radical (unpaired) electrons. The average molecular weight is 193 g/mol. The van der Waals surface area contributed by atoms with E-state index in [1.165, 1.54) is 17.4 Å². The quantitative estimate of drug-likeness (QED) is 0.631. The molecule has 0 N–H and O–H groups in total. The first-order valence-corrected chi connectivity index (χ1v) is 4.66. The van der Waals surface area contributed by atoms with E-state index in [1.807, 2.05) is 0 Å². The first kappa shape index (κ1) is 8.31. The van der Waals surface area contributed by atoms with Crippen molar-refractivity contribution < 1.29 is 9.59 Å². The summed E-state index contributed by atoms with van der Waals surface area (Å²) >= 11 is 1.28. The van der Waals surface area contributed by atoms with Crippen molar-refractivity contribution in [2.45, 2.75) is 13.8 Å². The van der Waals surface area contributed by atoms with Crippen molar-refractivity contribution in [2.24, 2.45) is 0 Å². The molecule has 4 heteroatoms. The molecule has 0 unspecified atom stereocenters. The fraction of sp³-hybridized carbons (Fsp3) is 0.222. The standard InChI is InChI=1S/C9H7NO2S/c1-4-3-6(11)9-7(8(4)12)10-5(2)13-9/h3H,1-2H3. The van der Waals surface area contributed by atoms with E-state index >= 15 is 0 Å². The van der Waals surface area contributed by atoms with E-state index in [9.17, 15) is 9.59 Å². The Hall–Kier alpha value is -1.29. The van der Waals surface area contributed by atoms with E-state index in [2.05, 4.69) is 4.98 Å². The van der Waals surface area contributed by atoms with Crippen LogP contribution in [0.15, 0.2) is 11.6 Å². The number of Topliss-reactive ketones (excluding diaryl/α,β-unsaturated/α-hetero) is 1. The van der Waals surface area contributed by atoms with Gasteiger partial charge < -0.3 is 0 Å². The van der Waals surface area contributed by atoms with Gasteiger partial charge in [0, 0.05) is 5.57 Å². The van der Waals surface area contributed by atoms with Crippen LogP contribution in [-0.4, -0.2) is 16.6 Å². The second-order valence-corrected chi connectivity index (χ2v) is 4.13. The predicted molar refractivity (Wildman–Crippen MR) is 49.3 cm³/mol. The largest absolute Gasteiger partial charge is 0.288 e. The predicted octanol–water partition coefficient (Wildman–Crippen LogP) is 1.78. The maximum atomic E-state index is 11.5. The third kappa shape index (κ3) is 1.14.